The Labute approximate surface area is 85.8 Å². The highest BCUT2D eigenvalue weighted by atomic mass is 16.5. The molecule has 0 N–H and O–H groups in total. The van der Waals surface area contributed by atoms with E-state index >= 15 is 0 Å². The zero-order valence-corrected chi connectivity index (χ0v) is 8.23. The van der Waals surface area contributed by atoms with E-state index in [1.165, 1.54) is 7.11 Å². The summed E-state index contributed by atoms with van der Waals surface area (Å²) in [4.78, 5) is 26.2. The van der Waals surface area contributed by atoms with Gasteiger partial charge in [-0.15, -0.1) is 0 Å². The zero-order chi connectivity index (χ0) is 10.8. The molecule has 0 unspecified atom stereocenters. The fourth-order valence-corrected chi connectivity index (χ4v) is 1.56. The van der Waals surface area contributed by atoms with E-state index in [4.69, 9.17) is 4.74 Å². The molecule has 6 nitrogen and oxygen atoms in total. The van der Waals surface area contributed by atoms with Gasteiger partial charge in [0.1, 0.15) is 18.1 Å². The van der Waals surface area contributed by atoms with Crippen LogP contribution in [0.1, 0.15) is 26.8 Å². The molecule has 0 aliphatic carbocycles. The minimum absolute atomic E-state index is 0.0630. The summed E-state index contributed by atoms with van der Waals surface area (Å²) in [6.45, 7) is 1.37. The predicted molar refractivity (Wildman–Crippen MR) is 48.6 cm³/mol. The van der Waals surface area contributed by atoms with Crippen LogP contribution in [0.3, 0.4) is 0 Å². The van der Waals surface area contributed by atoms with Crippen molar-refractivity contribution in [2.24, 2.45) is 0 Å². The number of nitrogens with zero attached hydrogens (tertiary/aromatic N) is 2. The largest absolute Gasteiger partial charge is 0.464 e. The van der Waals surface area contributed by atoms with E-state index in [9.17, 15) is 9.59 Å². The number of aromatic nitrogens is 2. The first-order chi connectivity index (χ1) is 7.27. The molecule has 0 atom stereocenters. The van der Waals surface area contributed by atoms with Gasteiger partial charge in [-0.2, -0.15) is 0 Å². The quantitative estimate of drug-likeness (QED) is 0.508. The first-order valence-corrected chi connectivity index (χ1v) is 4.48. The average molecular weight is 210 g/mol. The van der Waals surface area contributed by atoms with Gasteiger partial charge in [-0.3, -0.25) is 4.79 Å². The van der Waals surface area contributed by atoms with Crippen LogP contribution in [-0.2, 0) is 22.6 Å². The molecule has 1 aromatic rings. The highest BCUT2D eigenvalue weighted by Crippen LogP contribution is 2.15. The van der Waals surface area contributed by atoms with Gasteiger partial charge in [0.25, 0.3) is 0 Å². The number of imidazole rings is 1. The number of aldehydes is 1. The second kappa shape index (κ2) is 3.82. The maximum atomic E-state index is 11.3. The van der Waals surface area contributed by atoms with Crippen LogP contribution >= 0.6 is 0 Å². The van der Waals surface area contributed by atoms with Crippen molar-refractivity contribution in [3.8, 4) is 0 Å². The number of ether oxygens (including phenoxy) is 2. The fraction of sp³-hybridized carbons (Fsp3) is 0.444. The average Bonchev–Trinajstić information content (AvgIpc) is 2.66. The lowest BCUT2D eigenvalue weighted by atomic mass is 10.3. The Balaban J connectivity index is 2.51. The summed E-state index contributed by atoms with van der Waals surface area (Å²) in [5, 5.41) is 0. The van der Waals surface area contributed by atoms with Crippen molar-refractivity contribution in [2.45, 2.75) is 13.2 Å². The van der Waals surface area contributed by atoms with Gasteiger partial charge >= 0.3 is 5.97 Å². The zero-order valence-electron chi connectivity index (χ0n) is 8.23. The maximum Gasteiger partial charge on any atom is 0.359 e. The first kappa shape index (κ1) is 9.85. The number of esters is 1. The van der Waals surface area contributed by atoms with Gasteiger partial charge in [-0.05, 0) is 0 Å². The third-order valence-electron chi connectivity index (χ3n) is 2.27. The summed E-state index contributed by atoms with van der Waals surface area (Å²) in [7, 11) is 1.26. The standard InChI is InChI=1S/C9H10N2O4/c1-14-9(13)8-6(4-12)11-2-3-15-5-7(11)10-8/h4H,2-3,5H2,1H3. The molecule has 1 aliphatic heterocycles. The lowest BCUT2D eigenvalue weighted by Gasteiger charge is -2.14. The van der Waals surface area contributed by atoms with Crippen LogP contribution < -0.4 is 0 Å². The second-order valence-corrected chi connectivity index (χ2v) is 3.08. The van der Waals surface area contributed by atoms with Crippen LogP contribution in [0.2, 0.25) is 0 Å². The molecule has 1 aliphatic rings. The smallest absolute Gasteiger partial charge is 0.359 e. The Morgan fingerprint density at radius 1 is 1.67 bits per heavy atom. The van der Waals surface area contributed by atoms with Gasteiger partial charge < -0.3 is 14.0 Å². The second-order valence-electron chi connectivity index (χ2n) is 3.08. The Morgan fingerprint density at radius 2 is 2.47 bits per heavy atom. The molecule has 0 saturated heterocycles. The first-order valence-electron chi connectivity index (χ1n) is 4.48. The van der Waals surface area contributed by atoms with Gasteiger partial charge in [0.05, 0.1) is 13.7 Å². The van der Waals surface area contributed by atoms with E-state index in [0.717, 1.165) is 0 Å². The highest BCUT2D eigenvalue weighted by Gasteiger charge is 2.24. The van der Waals surface area contributed by atoms with E-state index in [-0.39, 0.29) is 11.4 Å². The highest BCUT2D eigenvalue weighted by molar-refractivity contribution is 5.95. The van der Waals surface area contributed by atoms with Crippen molar-refractivity contribution in [3.05, 3.63) is 17.2 Å². The molecule has 0 bridgehead atoms. The Kier molecular flexibility index (Phi) is 2.51. The number of carbonyl (C=O) groups is 2. The van der Waals surface area contributed by atoms with Crippen molar-refractivity contribution < 1.29 is 19.1 Å². The molecule has 1 aromatic heterocycles. The Hall–Kier alpha value is -1.69. The van der Waals surface area contributed by atoms with Crippen molar-refractivity contribution in [2.75, 3.05) is 13.7 Å². The van der Waals surface area contributed by atoms with Crippen LogP contribution in [-0.4, -0.2) is 35.5 Å². The third-order valence-corrected chi connectivity index (χ3v) is 2.27. The van der Waals surface area contributed by atoms with E-state index in [0.29, 0.717) is 31.9 Å². The SMILES string of the molecule is COC(=O)c1nc2n(c1C=O)CCOC2. The summed E-state index contributed by atoms with van der Waals surface area (Å²) in [5.41, 5.74) is 0.327. The lowest BCUT2D eigenvalue weighted by molar-refractivity contribution is 0.0591. The number of hydrogen-bond acceptors (Lipinski definition) is 5. The molecule has 2 heterocycles. The summed E-state index contributed by atoms with van der Waals surface area (Å²) < 4.78 is 11.4. The minimum Gasteiger partial charge on any atom is -0.464 e. The predicted octanol–water partition coefficient (Wildman–Crippen LogP) is 0.0124. The summed E-state index contributed by atoms with van der Waals surface area (Å²) in [6.07, 6.45) is 0.619. The molecule has 0 saturated carbocycles. The molecule has 0 radical (unpaired) electrons. The monoisotopic (exact) mass is 210 g/mol. The van der Waals surface area contributed by atoms with Crippen LogP contribution in [0.15, 0.2) is 0 Å². The number of methoxy groups -OCH3 is 1. The van der Waals surface area contributed by atoms with Crippen LogP contribution in [0, 0.1) is 0 Å². The van der Waals surface area contributed by atoms with Gasteiger partial charge in [0.2, 0.25) is 0 Å². The molecule has 0 spiro atoms. The van der Waals surface area contributed by atoms with Crippen molar-refractivity contribution in [3.63, 3.8) is 0 Å². The van der Waals surface area contributed by atoms with Crippen LogP contribution in [0.4, 0.5) is 0 Å². The van der Waals surface area contributed by atoms with Crippen molar-refractivity contribution in [1.29, 1.82) is 0 Å². The Bertz CT molecular complexity index is 410. The van der Waals surface area contributed by atoms with Crippen LogP contribution in [0.5, 0.6) is 0 Å². The summed E-state index contributed by atoms with van der Waals surface area (Å²) in [5.74, 6) is -0.0113. The third kappa shape index (κ3) is 1.52. The molecule has 0 fully saturated rings. The molecular weight excluding hydrogens is 200 g/mol. The van der Waals surface area contributed by atoms with Gasteiger partial charge in [-0.25, -0.2) is 9.78 Å². The molecular formula is C9H10N2O4. The summed E-state index contributed by atoms with van der Waals surface area (Å²) in [6, 6.07) is 0. The summed E-state index contributed by atoms with van der Waals surface area (Å²) >= 11 is 0. The van der Waals surface area contributed by atoms with E-state index < -0.39 is 5.97 Å². The molecule has 6 heteroatoms. The molecule has 0 aromatic carbocycles. The fourth-order valence-electron chi connectivity index (χ4n) is 1.56. The maximum absolute atomic E-state index is 11.3. The van der Waals surface area contributed by atoms with Gasteiger partial charge in [0, 0.05) is 6.54 Å². The van der Waals surface area contributed by atoms with Gasteiger partial charge in [0.15, 0.2) is 12.0 Å². The van der Waals surface area contributed by atoms with Gasteiger partial charge in [-0.1, -0.05) is 0 Å². The Morgan fingerprint density at radius 3 is 3.13 bits per heavy atom. The van der Waals surface area contributed by atoms with Crippen LogP contribution in [0.25, 0.3) is 0 Å². The van der Waals surface area contributed by atoms with E-state index in [2.05, 4.69) is 9.72 Å². The molecule has 15 heavy (non-hydrogen) atoms. The number of rotatable bonds is 2. The number of carbonyl (C=O) groups excluding carboxylic acids is 2. The number of fused-ring (bicyclic) bond motifs is 1. The molecule has 0 amide bonds. The normalized spacial score (nSPS) is 14.5. The molecule has 80 valence electrons. The molecule has 2 rings (SSSR count). The lowest BCUT2D eigenvalue weighted by Crippen LogP contribution is -2.18. The van der Waals surface area contributed by atoms with E-state index in [1.54, 1.807) is 4.57 Å². The minimum atomic E-state index is -0.598. The number of hydrogen-bond donors (Lipinski definition) is 0. The van der Waals surface area contributed by atoms with Crippen molar-refractivity contribution in [1.82, 2.24) is 9.55 Å². The van der Waals surface area contributed by atoms with Crippen molar-refractivity contribution >= 4 is 12.3 Å². The van der Waals surface area contributed by atoms with E-state index in [1.807, 2.05) is 0 Å². The topological polar surface area (TPSA) is 70.4 Å².